The molecule has 0 spiro atoms. The molecule has 7 aromatic rings. The molecule has 0 saturated carbocycles. The van der Waals surface area contributed by atoms with E-state index >= 15 is 0 Å². The van der Waals surface area contributed by atoms with Gasteiger partial charge in [-0.1, -0.05) is 53.5 Å². The van der Waals surface area contributed by atoms with Gasteiger partial charge in [0, 0.05) is 33.9 Å². The Morgan fingerprint density at radius 2 is 1.62 bits per heavy atom. The van der Waals surface area contributed by atoms with Gasteiger partial charge in [0.2, 0.25) is 5.95 Å². The van der Waals surface area contributed by atoms with E-state index < -0.39 is 0 Å². The summed E-state index contributed by atoms with van der Waals surface area (Å²) >= 11 is 12.1. The summed E-state index contributed by atoms with van der Waals surface area (Å²) in [5, 5.41) is 10.2. The Hall–Kier alpha value is -4.85. The molecule has 7 rings (SSSR count). The molecule has 3 aromatic heterocycles. The second-order valence-corrected chi connectivity index (χ2v) is 9.94. The quantitative estimate of drug-likeness (QED) is 0.226. The first-order valence-electron chi connectivity index (χ1n) is 12.4. The smallest absolute Gasteiger partial charge is 0.255 e. The summed E-state index contributed by atoms with van der Waals surface area (Å²) in [5.74, 6) is 0.293. The van der Waals surface area contributed by atoms with Gasteiger partial charge in [-0.15, -0.1) is 0 Å². The number of carbonyl (C=O) groups is 1. The van der Waals surface area contributed by atoms with Gasteiger partial charge >= 0.3 is 0 Å². The first kappa shape index (κ1) is 24.2. The fourth-order valence-corrected chi connectivity index (χ4v) is 5.10. The topological polar surface area (TPSA) is 75.7 Å². The minimum absolute atomic E-state index is 0.293. The molecule has 1 amide bonds. The molecule has 0 aliphatic carbocycles. The van der Waals surface area contributed by atoms with Crippen LogP contribution in [0.4, 0.5) is 23.0 Å². The van der Waals surface area contributed by atoms with Crippen molar-refractivity contribution in [2.75, 3.05) is 10.2 Å². The minimum Gasteiger partial charge on any atom is -0.454 e. The monoisotopic (exact) mass is 563 g/mol. The molecule has 3 heterocycles. The van der Waals surface area contributed by atoms with Crippen molar-refractivity contribution in [3.05, 3.63) is 125 Å². The summed E-state index contributed by atoms with van der Waals surface area (Å²) in [4.78, 5) is 19.5. The number of para-hydroxylation sites is 2. The maximum absolute atomic E-state index is 12.8. The second kappa shape index (κ2) is 9.72. The summed E-state index contributed by atoms with van der Waals surface area (Å²) in [6.45, 7) is 0. The lowest BCUT2D eigenvalue weighted by atomic mass is 10.1. The highest BCUT2D eigenvalue weighted by atomic mass is 35.5. The SMILES string of the molecule is O=C(Nc1ccc(N(c2cccc3c2oc2ccccc23)c2nccc3ccnn23)cc1)c1ccc(Cl)c(Cl)c1. The maximum Gasteiger partial charge on any atom is 0.255 e. The summed E-state index contributed by atoms with van der Waals surface area (Å²) in [6, 6.07) is 30.1. The summed E-state index contributed by atoms with van der Waals surface area (Å²) < 4.78 is 8.15. The molecule has 0 radical (unpaired) electrons. The van der Waals surface area contributed by atoms with Crippen LogP contribution in [0.25, 0.3) is 27.5 Å². The summed E-state index contributed by atoms with van der Waals surface area (Å²) in [7, 11) is 0. The molecule has 0 saturated heterocycles. The lowest BCUT2D eigenvalue weighted by molar-refractivity contribution is 0.102. The predicted molar refractivity (Wildman–Crippen MR) is 159 cm³/mol. The van der Waals surface area contributed by atoms with Crippen molar-refractivity contribution >= 4 is 79.6 Å². The van der Waals surface area contributed by atoms with Gasteiger partial charge in [0.1, 0.15) is 5.58 Å². The van der Waals surface area contributed by atoms with Gasteiger partial charge in [0.05, 0.1) is 27.4 Å². The average molecular weight is 564 g/mol. The predicted octanol–water partition coefficient (Wildman–Crippen LogP) is 8.66. The number of rotatable bonds is 5. The fourth-order valence-electron chi connectivity index (χ4n) is 4.80. The fraction of sp³-hybridized carbons (Fsp3) is 0. The van der Waals surface area contributed by atoms with Crippen molar-refractivity contribution in [3.63, 3.8) is 0 Å². The van der Waals surface area contributed by atoms with Crippen molar-refractivity contribution < 1.29 is 9.21 Å². The number of amides is 1. The molecule has 194 valence electrons. The molecule has 0 unspecified atom stereocenters. The van der Waals surface area contributed by atoms with E-state index in [4.69, 9.17) is 32.6 Å². The molecule has 9 heteroatoms. The van der Waals surface area contributed by atoms with Crippen LogP contribution in [0, 0.1) is 0 Å². The maximum atomic E-state index is 12.8. The lowest BCUT2D eigenvalue weighted by Crippen LogP contribution is -2.16. The standard InChI is InChI=1S/C31H19Cl2N5O2/c32-25-13-8-19(18-26(25)33)30(39)36-20-9-11-21(12-10-20)37(31-34-16-14-22-15-17-35-38(22)31)27-6-3-5-24-23-4-1-2-7-28(23)40-29(24)27/h1-18H,(H,36,39). The lowest BCUT2D eigenvalue weighted by Gasteiger charge is -2.24. The Bertz CT molecular complexity index is 2050. The second-order valence-electron chi connectivity index (χ2n) is 9.13. The van der Waals surface area contributed by atoms with Gasteiger partial charge in [-0.2, -0.15) is 9.61 Å². The molecule has 40 heavy (non-hydrogen) atoms. The van der Waals surface area contributed by atoms with Crippen molar-refractivity contribution in [1.29, 1.82) is 0 Å². The van der Waals surface area contributed by atoms with Crippen LogP contribution in [0.15, 0.2) is 114 Å². The van der Waals surface area contributed by atoms with Gasteiger partial charge in [-0.25, -0.2) is 4.98 Å². The number of hydrogen-bond acceptors (Lipinski definition) is 5. The highest BCUT2D eigenvalue weighted by molar-refractivity contribution is 6.42. The van der Waals surface area contributed by atoms with E-state index in [-0.39, 0.29) is 5.91 Å². The van der Waals surface area contributed by atoms with Crippen molar-refractivity contribution in [3.8, 4) is 0 Å². The van der Waals surface area contributed by atoms with Crippen LogP contribution in [-0.2, 0) is 0 Å². The number of hydrogen-bond donors (Lipinski definition) is 1. The van der Waals surface area contributed by atoms with Gasteiger partial charge in [-0.05, 0) is 66.7 Å². The van der Waals surface area contributed by atoms with E-state index in [0.717, 1.165) is 38.8 Å². The number of furan rings is 1. The third-order valence-electron chi connectivity index (χ3n) is 6.69. The van der Waals surface area contributed by atoms with E-state index in [0.29, 0.717) is 27.2 Å². The van der Waals surface area contributed by atoms with Gasteiger partial charge in [0.15, 0.2) is 5.58 Å². The molecule has 7 nitrogen and oxygen atoms in total. The number of anilines is 4. The molecule has 0 fully saturated rings. The number of carbonyl (C=O) groups excluding carboxylic acids is 1. The zero-order valence-electron chi connectivity index (χ0n) is 20.8. The van der Waals surface area contributed by atoms with Crippen LogP contribution in [0.1, 0.15) is 10.4 Å². The van der Waals surface area contributed by atoms with Gasteiger partial charge in [0.25, 0.3) is 5.91 Å². The molecule has 1 N–H and O–H groups in total. The van der Waals surface area contributed by atoms with Gasteiger partial charge < -0.3 is 9.73 Å². The van der Waals surface area contributed by atoms with Crippen LogP contribution in [0.2, 0.25) is 10.0 Å². The Kier molecular flexibility index (Phi) is 5.88. The molecule has 0 aliphatic heterocycles. The number of nitrogens with one attached hydrogen (secondary N) is 1. The first-order valence-corrected chi connectivity index (χ1v) is 13.2. The third-order valence-corrected chi connectivity index (χ3v) is 7.43. The van der Waals surface area contributed by atoms with Crippen LogP contribution in [-0.4, -0.2) is 20.5 Å². The molecule has 0 bridgehead atoms. The van der Waals surface area contributed by atoms with Crippen molar-refractivity contribution in [1.82, 2.24) is 14.6 Å². The van der Waals surface area contributed by atoms with Crippen LogP contribution in [0.5, 0.6) is 0 Å². The number of halogens is 2. The van der Waals surface area contributed by atoms with E-state index in [9.17, 15) is 4.79 Å². The number of aromatic nitrogens is 3. The average Bonchev–Trinajstić information content (AvgIpc) is 3.61. The van der Waals surface area contributed by atoms with Crippen LogP contribution in [0.3, 0.4) is 0 Å². The molecule has 0 aliphatic rings. The zero-order chi connectivity index (χ0) is 27.2. The summed E-state index contributed by atoms with van der Waals surface area (Å²) in [5.41, 5.74) is 5.06. The van der Waals surface area contributed by atoms with Gasteiger partial charge in [-0.3, -0.25) is 9.69 Å². The van der Waals surface area contributed by atoms with Crippen molar-refractivity contribution in [2.45, 2.75) is 0 Å². The molecule has 0 atom stereocenters. The van der Waals surface area contributed by atoms with E-state index in [1.54, 1.807) is 35.1 Å². The Morgan fingerprint density at radius 3 is 2.48 bits per heavy atom. The van der Waals surface area contributed by atoms with Crippen molar-refractivity contribution in [2.24, 2.45) is 0 Å². The molecule has 4 aromatic carbocycles. The minimum atomic E-state index is -0.293. The van der Waals surface area contributed by atoms with Crippen LogP contribution < -0.4 is 10.2 Å². The number of nitrogens with zero attached hydrogens (tertiary/aromatic N) is 4. The highest BCUT2D eigenvalue weighted by Crippen LogP contribution is 2.41. The molecular formula is C31H19Cl2N5O2. The number of fused-ring (bicyclic) bond motifs is 4. The molecular weight excluding hydrogens is 545 g/mol. The Balaban J connectivity index is 1.33. The Labute approximate surface area is 238 Å². The highest BCUT2D eigenvalue weighted by Gasteiger charge is 2.22. The zero-order valence-corrected chi connectivity index (χ0v) is 22.3. The van der Waals surface area contributed by atoms with Crippen LogP contribution >= 0.6 is 23.2 Å². The number of benzene rings is 4. The van der Waals surface area contributed by atoms with E-state index in [2.05, 4.69) is 10.4 Å². The van der Waals surface area contributed by atoms with E-state index in [1.807, 2.05) is 83.8 Å². The van der Waals surface area contributed by atoms with E-state index in [1.165, 1.54) is 0 Å². The largest absolute Gasteiger partial charge is 0.454 e. The summed E-state index contributed by atoms with van der Waals surface area (Å²) in [6.07, 6.45) is 3.49. The third kappa shape index (κ3) is 4.12. The normalized spacial score (nSPS) is 11.3. The first-order chi connectivity index (χ1) is 19.6. The Morgan fingerprint density at radius 1 is 0.825 bits per heavy atom.